The predicted molar refractivity (Wildman–Crippen MR) is 119 cm³/mol. The molecule has 28 heavy (non-hydrogen) atoms. The second-order valence-corrected chi connectivity index (χ2v) is 12.2. The van der Waals surface area contributed by atoms with E-state index in [9.17, 15) is 5.11 Å². The first kappa shape index (κ1) is 21.0. The van der Waals surface area contributed by atoms with E-state index in [0.29, 0.717) is 16.7 Å². The molecule has 0 saturated heterocycles. The first-order valence-electron chi connectivity index (χ1n) is 12.6. The van der Waals surface area contributed by atoms with E-state index >= 15 is 0 Å². The van der Waals surface area contributed by atoms with Crippen molar-refractivity contribution < 1.29 is 5.11 Å². The molecule has 160 valence electrons. The molecule has 4 aliphatic carbocycles. The third-order valence-corrected chi connectivity index (χ3v) is 10.3. The van der Waals surface area contributed by atoms with Crippen molar-refractivity contribution in [2.24, 2.45) is 52.3 Å². The van der Waals surface area contributed by atoms with Gasteiger partial charge in [0.2, 0.25) is 0 Å². The average Bonchev–Trinajstić information content (AvgIpc) is 2.92. The van der Waals surface area contributed by atoms with Crippen molar-refractivity contribution in [1.82, 2.24) is 0 Å². The molecule has 0 heterocycles. The highest BCUT2D eigenvalue weighted by Gasteiger charge is 2.62. The number of hydrogen-bond donors (Lipinski definition) is 1. The van der Waals surface area contributed by atoms with E-state index in [4.69, 9.17) is 0 Å². The Morgan fingerprint density at radius 1 is 1.04 bits per heavy atom. The third-order valence-electron chi connectivity index (χ3n) is 10.3. The minimum Gasteiger partial charge on any atom is -0.393 e. The van der Waals surface area contributed by atoms with Gasteiger partial charge >= 0.3 is 0 Å². The summed E-state index contributed by atoms with van der Waals surface area (Å²) >= 11 is 0. The molecule has 3 fully saturated rings. The van der Waals surface area contributed by atoms with Crippen molar-refractivity contribution in [1.29, 1.82) is 0 Å². The third kappa shape index (κ3) is 3.32. The largest absolute Gasteiger partial charge is 0.393 e. The van der Waals surface area contributed by atoms with Crippen LogP contribution in [0.3, 0.4) is 0 Å². The Morgan fingerprint density at radius 3 is 2.57 bits per heavy atom. The predicted octanol–water partition coefficient (Wildman–Crippen LogP) is 7.24. The maximum atomic E-state index is 11.3. The molecule has 9 atom stereocenters. The molecule has 0 aromatic heterocycles. The highest BCUT2D eigenvalue weighted by molar-refractivity contribution is 5.16. The van der Waals surface area contributed by atoms with Crippen LogP contribution < -0.4 is 0 Å². The lowest BCUT2D eigenvalue weighted by atomic mass is 9.45. The van der Waals surface area contributed by atoms with Crippen molar-refractivity contribution in [3.63, 3.8) is 0 Å². The number of aliphatic hydroxyl groups is 1. The molecule has 1 heteroatoms. The fourth-order valence-corrected chi connectivity index (χ4v) is 8.86. The molecule has 0 amide bonds. The molecule has 1 nitrogen and oxygen atoms in total. The monoisotopic (exact) mass is 386 g/mol. The van der Waals surface area contributed by atoms with E-state index in [2.05, 4.69) is 46.8 Å². The van der Waals surface area contributed by atoms with Gasteiger partial charge in [-0.2, -0.15) is 0 Å². The highest BCUT2D eigenvalue weighted by atomic mass is 16.3. The molecule has 3 saturated carbocycles. The molecule has 1 N–H and O–H groups in total. The lowest BCUT2D eigenvalue weighted by Gasteiger charge is -2.59. The molecule has 0 aromatic carbocycles. The summed E-state index contributed by atoms with van der Waals surface area (Å²) < 4.78 is 0. The number of allylic oxidation sites excluding steroid dienone is 2. The van der Waals surface area contributed by atoms with Gasteiger partial charge in [-0.3, -0.25) is 0 Å². The lowest BCUT2D eigenvalue weighted by molar-refractivity contribution is -0.106. The minimum atomic E-state index is -0.0527. The maximum Gasteiger partial charge on any atom is 0.0579 e. The van der Waals surface area contributed by atoms with Gasteiger partial charge < -0.3 is 5.11 Å². The summed E-state index contributed by atoms with van der Waals surface area (Å²) in [6, 6.07) is 0. The van der Waals surface area contributed by atoms with E-state index in [1.165, 1.54) is 57.8 Å². The van der Waals surface area contributed by atoms with Crippen LogP contribution in [0, 0.1) is 52.3 Å². The smallest absolute Gasteiger partial charge is 0.0579 e. The number of rotatable bonds is 5. The Balaban J connectivity index is 1.53. The van der Waals surface area contributed by atoms with E-state index in [1.54, 1.807) is 0 Å². The fourth-order valence-electron chi connectivity index (χ4n) is 8.86. The number of aliphatic hydroxyl groups excluding tert-OH is 1. The summed E-state index contributed by atoms with van der Waals surface area (Å²) in [5.74, 6) is 5.33. The molecule has 4 aliphatic rings. The van der Waals surface area contributed by atoms with Gasteiger partial charge in [-0.05, 0) is 97.2 Å². The van der Waals surface area contributed by atoms with Crippen LogP contribution in [-0.4, -0.2) is 11.2 Å². The molecule has 0 bridgehead atoms. The minimum absolute atomic E-state index is 0.0527. The maximum absolute atomic E-state index is 11.3. The van der Waals surface area contributed by atoms with Crippen molar-refractivity contribution in [3.05, 3.63) is 12.2 Å². The fraction of sp³-hybridized carbons (Fsp3) is 0.926. The van der Waals surface area contributed by atoms with Crippen molar-refractivity contribution in [2.75, 3.05) is 0 Å². The Bertz CT molecular complexity index is 579. The highest BCUT2D eigenvalue weighted by Crippen LogP contribution is 2.67. The second-order valence-electron chi connectivity index (χ2n) is 12.2. The average molecular weight is 387 g/mol. The number of fused-ring (bicyclic) bond motifs is 5. The zero-order valence-corrected chi connectivity index (χ0v) is 19.3. The standard InChI is InChI=1S/C27H46O/c1-18(2)9-8-10-19(3)23-17-24(28)25-21-13-12-20-11-6-7-15-26(20,4)22(21)14-16-27(23,25)5/h7,15,18-25,28H,6,8-14,16-17H2,1-5H3/t19-,20?,21-,22+,23-,24+,25-,26+,27-/m1/s1. The van der Waals surface area contributed by atoms with Crippen LogP contribution in [0.15, 0.2) is 12.2 Å². The van der Waals surface area contributed by atoms with E-state index in [0.717, 1.165) is 41.9 Å². The summed E-state index contributed by atoms with van der Waals surface area (Å²) in [5, 5.41) is 11.3. The van der Waals surface area contributed by atoms with Gasteiger partial charge in [-0.1, -0.05) is 66.0 Å². The van der Waals surface area contributed by atoms with Crippen LogP contribution >= 0.6 is 0 Å². The summed E-state index contributed by atoms with van der Waals surface area (Å²) in [6.07, 6.45) is 18.4. The molecule has 4 rings (SSSR count). The molecule has 0 radical (unpaired) electrons. The molecule has 1 unspecified atom stereocenters. The van der Waals surface area contributed by atoms with Gasteiger partial charge in [0.15, 0.2) is 0 Å². The van der Waals surface area contributed by atoms with Crippen LogP contribution in [0.4, 0.5) is 0 Å². The summed E-state index contributed by atoms with van der Waals surface area (Å²) in [6.45, 7) is 12.3. The van der Waals surface area contributed by atoms with Gasteiger partial charge in [0, 0.05) is 0 Å². The van der Waals surface area contributed by atoms with Gasteiger partial charge in [0.25, 0.3) is 0 Å². The molecule has 0 aromatic rings. The molecule has 0 spiro atoms. The quantitative estimate of drug-likeness (QED) is 0.493. The van der Waals surface area contributed by atoms with Crippen LogP contribution in [0.2, 0.25) is 0 Å². The zero-order chi connectivity index (χ0) is 20.1. The molecular formula is C27H46O. The van der Waals surface area contributed by atoms with Crippen molar-refractivity contribution in [3.8, 4) is 0 Å². The first-order valence-corrected chi connectivity index (χ1v) is 12.6. The van der Waals surface area contributed by atoms with Crippen molar-refractivity contribution >= 4 is 0 Å². The Morgan fingerprint density at radius 2 is 1.82 bits per heavy atom. The Hall–Kier alpha value is -0.300. The van der Waals surface area contributed by atoms with E-state index in [1.807, 2.05) is 0 Å². The Labute approximate surface area is 174 Å². The van der Waals surface area contributed by atoms with Crippen LogP contribution in [0.25, 0.3) is 0 Å². The summed E-state index contributed by atoms with van der Waals surface area (Å²) in [7, 11) is 0. The lowest BCUT2D eigenvalue weighted by Crippen LogP contribution is -2.53. The first-order chi connectivity index (χ1) is 13.3. The van der Waals surface area contributed by atoms with Gasteiger partial charge in [0.1, 0.15) is 0 Å². The van der Waals surface area contributed by atoms with Crippen molar-refractivity contribution in [2.45, 2.75) is 105 Å². The number of hydrogen-bond acceptors (Lipinski definition) is 1. The van der Waals surface area contributed by atoms with Gasteiger partial charge in [-0.15, -0.1) is 0 Å². The zero-order valence-electron chi connectivity index (χ0n) is 19.3. The second kappa shape index (κ2) is 7.75. The van der Waals surface area contributed by atoms with Crippen LogP contribution in [0.5, 0.6) is 0 Å². The molecular weight excluding hydrogens is 340 g/mol. The van der Waals surface area contributed by atoms with Crippen LogP contribution in [0.1, 0.15) is 98.8 Å². The van der Waals surface area contributed by atoms with E-state index < -0.39 is 0 Å². The summed E-state index contributed by atoms with van der Waals surface area (Å²) in [5.41, 5.74) is 0.780. The van der Waals surface area contributed by atoms with Crippen LogP contribution in [-0.2, 0) is 0 Å². The topological polar surface area (TPSA) is 20.2 Å². The molecule has 0 aliphatic heterocycles. The van der Waals surface area contributed by atoms with E-state index in [-0.39, 0.29) is 6.10 Å². The van der Waals surface area contributed by atoms with Gasteiger partial charge in [-0.25, -0.2) is 0 Å². The van der Waals surface area contributed by atoms with Gasteiger partial charge in [0.05, 0.1) is 6.10 Å². The SMILES string of the molecule is CC(C)CCC[C@@H](C)[C@H]1C[C@H](O)[C@H]2[C@@H]3CCC4CCC=C[C@]4(C)[C@H]3CC[C@@]21C. The summed E-state index contributed by atoms with van der Waals surface area (Å²) in [4.78, 5) is 0. The normalized spacial score (nSPS) is 48.8. The Kier molecular flexibility index (Phi) is 5.80.